The lowest BCUT2D eigenvalue weighted by atomic mass is 9.44. The second-order valence-electron chi connectivity index (χ2n) is 11.3. The van der Waals surface area contributed by atoms with Crippen LogP contribution in [0.5, 0.6) is 0 Å². The predicted octanol–water partition coefficient (Wildman–Crippen LogP) is 2.40. The lowest BCUT2D eigenvalue weighted by molar-refractivity contribution is -0.225. The number of ketones is 2. The smallest absolute Gasteiger partial charge is 0.356 e. The molecule has 5 aliphatic rings. The van der Waals surface area contributed by atoms with E-state index >= 15 is 4.39 Å². The average Bonchev–Trinajstić information content (AvgIpc) is 3.33. The van der Waals surface area contributed by atoms with E-state index in [9.17, 15) is 24.3 Å². The predicted molar refractivity (Wildman–Crippen MR) is 127 cm³/mol. The second kappa shape index (κ2) is 8.31. The molecule has 4 aliphatic carbocycles. The van der Waals surface area contributed by atoms with Crippen LogP contribution in [0.2, 0.25) is 0 Å². The maximum Gasteiger partial charge on any atom is 0.356 e. The van der Waals surface area contributed by atoms with Crippen molar-refractivity contribution in [3.05, 3.63) is 23.8 Å². The van der Waals surface area contributed by atoms with E-state index in [1.165, 1.54) is 19.1 Å². The number of alkyl halides is 1. The number of nitrogens with zero attached hydrogens (tertiary/aromatic N) is 1. The first-order valence-electron chi connectivity index (χ1n) is 12.8. The van der Waals surface area contributed by atoms with E-state index in [4.69, 9.17) is 14.3 Å². The molecule has 10 heteroatoms. The molecule has 0 saturated heterocycles. The Balaban J connectivity index is 1.61. The van der Waals surface area contributed by atoms with E-state index in [0.717, 1.165) is 0 Å². The van der Waals surface area contributed by atoms with Crippen LogP contribution in [-0.4, -0.2) is 64.9 Å². The molecule has 0 aromatic rings. The van der Waals surface area contributed by atoms with E-state index < -0.39 is 70.3 Å². The molecule has 200 valence electrons. The van der Waals surface area contributed by atoms with Gasteiger partial charge in [0.25, 0.3) is 0 Å². The molecule has 8 atom stereocenters. The number of aliphatic hydroxyl groups is 1. The Morgan fingerprint density at radius 2 is 1.97 bits per heavy atom. The summed E-state index contributed by atoms with van der Waals surface area (Å²) in [6.07, 6.45) is 3.73. The van der Waals surface area contributed by atoms with Gasteiger partial charge in [0.2, 0.25) is 11.4 Å². The van der Waals surface area contributed by atoms with Crippen molar-refractivity contribution in [1.29, 1.82) is 0 Å². The fourth-order valence-corrected chi connectivity index (χ4v) is 8.12. The van der Waals surface area contributed by atoms with Crippen molar-refractivity contribution in [3.63, 3.8) is 0 Å². The number of oxime groups is 1. The number of carbonyl (C=O) groups excluding carboxylic acids is 4. The van der Waals surface area contributed by atoms with Crippen LogP contribution in [0.15, 0.2) is 29.0 Å². The highest BCUT2D eigenvalue weighted by atomic mass is 19.1. The van der Waals surface area contributed by atoms with Crippen LogP contribution >= 0.6 is 0 Å². The number of carbonyl (C=O) groups is 4. The molecule has 1 aliphatic heterocycles. The summed E-state index contributed by atoms with van der Waals surface area (Å²) in [5.41, 5.74) is -5.58. The first-order valence-corrected chi connectivity index (χ1v) is 12.8. The maximum absolute atomic E-state index is 17.4. The minimum absolute atomic E-state index is 0.0571. The highest BCUT2D eigenvalue weighted by Crippen LogP contribution is 2.72. The van der Waals surface area contributed by atoms with Crippen molar-refractivity contribution < 1.29 is 43.0 Å². The van der Waals surface area contributed by atoms with E-state index in [2.05, 4.69) is 5.16 Å². The molecule has 5 rings (SSSR count). The van der Waals surface area contributed by atoms with Gasteiger partial charge in [0.05, 0.1) is 18.6 Å². The fraction of sp³-hybridized carbons (Fsp3) is 0.667. The zero-order chi connectivity index (χ0) is 27.0. The average molecular weight is 518 g/mol. The molecule has 3 saturated carbocycles. The maximum atomic E-state index is 17.4. The van der Waals surface area contributed by atoms with Crippen LogP contribution in [0, 0.1) is 28.6 Å². The highest BCUT2D eigenvalue weighted by molar-refractivity contribution is 6.38. The SMILES string of the molecule is CCOC(=O)C1=NO[C@]2(C(=O)COC(C)=O)[C@H]1C[C@H]1[C@@H]3CCC4=CC(=O)C=C[C@]4(C)[C@@]3(F)C(O)C[C@@]12C. The van der Waals surface area contributed by atoms with Gasteiger partial charge in [-0.2, -0.15) is 0 Å². The zero-order valence-corrected chi connectivity index (χ0v) is 21.4. The Morgan fingerprint density at radius 1 is 1.24 bits per heavy atom. The number of fused-ring (bicyclic) bond motifs is 7. The van der Waals surface area contributed by atoms with Gasteiger partial charge < -0.3 is 19.4 Å². The van der Waals surface area contributed by atoms with Crippen molar-refractivity contribution in [1.82, 2.24) is 0 Å². The molecule has 1 N–H and O–H groups in total. The van der Waals surface area contributed by atoms with Crippen molar-refractivity contribution in [2.24, 2.45) is 33.7 Å². The molecule has 37 heavy (non-hydrogen) atoms. The molecule has 1 unspecified atom stereocenters. The summed E-state index contributed by atoms with van der Waals surface area (Å²) in [7, 11) is 0. The third-order valence-electron chi connectivity index (χ3n) is 9.78. The van der Waals surface area contributed by atoms with Gasteiger partial charge in [0.15, 0.2) is 23.8 Å². The lowest BCUT2D eigenvalue weighted by Crippen LogP contribution is -2.69. The topological polar surface area (TPSA) is 129 Å². The summed E-state index contributed by atoms with van der Waals surface area (Å²) < 4.78 is 27.6. The van der Waals surface area contributed by atoms with Crippen LogP contribution in [0.25, 0.3) is 0 Å². The lowest BCUT2D eigenvalue weighted by Gasteiger charge is -2.62. The molecule has 0 spiro atoms. The van der Waals surface area contributed by atoms with Crippen LogP contribution in [0.4, 0.5) is 4.39 Å². The number of halogens is 1. The van der Waals surface area contributed by atoms with Crippen LogP contribution in [0.3, 0.4) is 0 Å². The van der Waals surface area contributed by atoms with Gasteiger partial charge in [-0.3, -0.25) is 14.4 Å². The summed E-state index contributed by atoms with van der Waals surface area (Å²) in [5, 5.41) is 15.5. The molecule has 3 fully saturated rings. The van der Waals surface area contributed by atoms with Crippen molar-refractivity contribution in [2.45, 2.75) is 70.8 Å². The number of allylic oxidation sites excluding steroid dienone is 4. The van der Waals surface area contributed by atoms with Gasteiger partial charge in [-0.05, 0) is 57.6 Å². The summed E-state index contributed by atoms with van der Waals surface area (Å²) >= 11 is 0. The van der Waals surface area contributed by atoms with Gasteiger partial charge in [-0.1, -0.05) is 23.7 Å². The van der Waals surface area contributed by atoms with Crippen molar-refractivity contribution in [2.75, 3.05) is 13.2 Å². The van der Waals surface area contributed by atoms with Gasteiger partial charge in [-0.15, -0.1) is 0 Å². The second-order valence-corrected chi connectivity index (χ2v) is 11.3. The molecular weight excluding hydrogens is 485 g/mol. The van der Waals surface area contributed by atoms with Crippen LogP contribution in [0.1, 0.15) is 53.4 Å². The summed E-state index contributed by atoms with van der Waals surface area (Å²) in [4.78, 5) is 56.0. The van der Waals surface area contributed by atoms with Gasteiger partial charge in [-0.25, -0.2) is 9.18 Å². The van der Waals surface area contributed by atoms with Crippen molar-refractivity contribution >= 4 is 29.2 Å². The Morgan fingerprint density at radius 3 is 2.65 bits per heavy atom. The standard InChI is InChI=1S/C27H32FNO8/c1-5-35-23(34)22-19-11-18-17-7-6-15-10-16(31)8-9-24(15,3)26(17,28)20(32)12-25(18,4)27(19,37-29-22)21(33)13-36-14(2)30/h8-10,17-20,32H,5-7,11-13H2,1-4H3/t17-,18-,19-,20?,24-,25-,26-,27-/m0/s1. The van der Waals surface area contributed by atoms with E-state index in [-0.39, 0.29) is 30.9 Å². The summed E-state index contributed by atoms with van der Waals surface area (Å²) in [5.74, 6) is -4.21. The summed E-state index contributed by atoms with van der Waals surface area (Å²) in [6, 6.07) is 0. The zero-order valence-electron chi connectivity index (χ0n) is 21.4. The molecule has 0 aromatic carbocycles. The van der Waals surface area contributed by atoms with Crippen molar-refractivity contribution in [3.8, 4) is 0 Å². The Hall–Kier alpha value is -2.88. The van der Waals surface area contributed by atoms with Gasteiger partial charge in [0, 0.05) is 23.7 Å². The Labute approximate surface area is 214 Å². The molecule has 1 heterocycles. The van der Waals surface area contributed by atoms with E-state index in [1.807, 2.05) is 0 Å². The first-order chi connectivity index (χ1) is 17.4. The molecule has 0 amide bonds. The number of Topliss-reactive ketones (excluding diaryl/α,β-unsaturated/α-hetero) is 1. The normalized spacial score (nSPS) is 43.4. The first kappa shape index (κ1) is 25.8. The monoisotopic (exact) mass is 517 g/mol. The molecule has 9 nitrogen and oxygen atoms in total. The molecular formula is C27H32FNO8. The quantitative estimate of drug-likeness (QED) is 0.551. The molecule has 0 aromatic heterocycles. The van der Waals surface area contributed by atoms with Crippen LogP contribution in [-0.2, 0) is 33.5 Å². The number of rotatable bonds is 5. The minimum Gasteiger partial charge on any atom is -0.461 e. The highest BCUT2D eigenvalue weighted by Gasteiger charge is 2.80. The Kier molecular flexibility index (Phi) is 5.79. The van der Waals surface area contributed by atoms with E-state index in [1.54, 1.807) is 26.8 Å². The molecule has 0 radical (unpaired) electrons. The third kappa shape index (κ3) is 3.14. The van der Waals surface area contributed by atoms with E-state index in [0.29, 0.717) is 18.4 Å². The van der Waals surface area contributed by atoms with Gasteiger partial charge in [0.1, 0.15) is 0 Å². The molecule has 0 bridgehead atoms. The minimum atomic E-state index is -2.11. The largest absolute Gasteiger partial charge is 0.461 e. The number of aliphatic hydroxyl groups excluding tert-OH is 1. The fourth-order valence-electron chi connectivity index (χ4n) is 8.12. The summed E-state index contributed by atoms with van der Waals surface area (Å²) in [6.45, 7) is 5.79. The number of ether oxygens (including phenoxy) is 2. The third-order valence-corrected chi connectivity index (χ3v) is 9.78. The number of esters is 2. The van der Waals surface area contributed by atoms with Crippen LogP contribution < -0.4 is 0 Å². The number of hydrogen-bond acceptors (Lipinski definition) is 9. The number of hydrogen-bond donors (Lipinski definition) is 1. The Bertz CT molecular complexity index is 1180. The van der Waals surface area contributed by atoms with Gasteiger partial charge >= 0.3 is 11.9 Å².